The highest BCUT2D eigenvalue weighted by molar-refractivity contribution is 7.99. The van der Waals surface area contributed by atoms with Crippen molar-refractivity contribution in [3.63, 3.8) is 0 Å². The van der Waals surface area contributed by atoms with E-state index in [4.69, 9.17) is 0 Å². The van der Waals surface area contributed by atoms with Gasteiger partial charge in [-0.25, -0.2) is 0 Å². The molecule has 2 heterocycles. The molecule has 2 aliphatic rings. The largest absolute Gasteiger partial charge is 0.310 e. The van der Waals surface area contributed by atoms with E-state index < -0.39 is 0 Å². The van der Waals surface area contributed by atoms with Crippen LogP contribution in [0.15, 0.2) is 0 Å². The lowest BCUT2D eigenvalue weighted by Gasteiger charge is -2.47. The van der Waals surface area contributed by atoms with Crippen LogP contribution in [0.5, 0.6) is 0 Å². The first-order chi connectivity index (χ1) is 7.36. The summed E-state index contributed by atoms with van der Waals surface area (Å²) < 4.78 is 0. The molecule has 0 aromatic rings. The van der Waals surface area contributed by atoms with Gasteiger partial charge in [0.1, 0.15) is 0 Å². The topological polar surface area (TPSA) is 24.1 Å². The molecule has 0 spiro atoms. The quantitative estimate of drug-likeness (QED) is 0.777. The Balaban J connectivity index is 1.93. The lowest BCUT2D eigenvalue weighted by atomic mass is 9.79. The summed E-state index contributed by atoms with van der Waals surface area (Å²) in [6.45, 7) is 9.30. The lowest BCUT2D eigenvalue weighted by Crippen LogP contribution is -2.62. The van der Waals surface area contributed by atoms with Gasteiger partial charge in [-0.05, 0) is 52.7 Å². The van der Waals surface area contributed by atoms with E-state index in [1.807, 2.05) is 0 Å². The molecule has 0 radical (unpaired) electrons. The molecule has 0 saturated carbocycles. The van der Waals surface area contributed by atoms with Gasteiger partial charge in [-0.1, -0.05) is 0 Å². The second-order valence-electron chi connectivity index (χ2n) is 6.73. The Labute approximate surface area is 104 Å². The van der Waals surface area contributed by atoms with Crippen LogP contribution < -0.4 is 10.6 Å². The van der Waals surface area contributed by atoms with E-state index in [9.17, 15) is 0 Å². The summed E-state index contributed by atoms with van der Waals surface area (Å²) in [5, 5.41) is 7.61. The Kier molecular flexibility index (Phi) is 3.58. The molecule has 2 N–H and O–H groups in total. The molecule has 1 atom stereocenters. The van der Waals surface area contributed by atoms with Gasteiger partial charge < -0.3 is 10.6 Å². The molecule has 1 unspecified atom stereocenters. The molecule has 2 nitrogen and oxygen atoms in total. The van der Waals surface area contributed by atoms with E-state index in [0.717, 1.165) is 6.04 Å². The second-order valence-corrected chi connectivity index (χ2v) is 7.87. The molecule has 2 aliphatic heterocycles. The molecule has 0 aromatic heterocycles. The summed E-state index contributed by atoms with van der Waals surface area (Å²) in [4.78, 5) is 0. The van der Waals surface area contributed by atoms with Crippen LogP contribution in [0.4, 0.5) is 0 Å². The van der Waals surface area contributed by atoms with Crippen molar-refractivity contribution in [1.29, 1.82) is 0 Å². The van der Waals surface area contributed by atoms with E-state index in [-0.39, 0.29) is 11.1 Å². The summed E-state index contributed by atoms with van der Waals surface area (Å²) in [6.07, 6.45) is 3.85. The molecule has 3 heteroatoms. The van der Waals surface area contributed by atoms with Crippen molar-refractivity contribution in [2.24, 2.45) is 0 Å². The molecule has 2 saturated heterocycles. The van der Waals surface area contributed by atoms with E-state index in [1.165, 1.54) is 30.8 Å². The molecular weight excluding hydrogens is 216 g/mol. The number of rotatable bonds is 2. The fourth-order valence-electron chi connectivity index (χ4n) is 3.44. The van der Waals surface area contributed by atoms with Gasteiger partial charge in [0, 0.05) is 28.9 Å². The molecule has 0 aliphatic carbocycles. The third kappa shape index (κ3) is 3.38. The predicted octanol–water partition coefficient (Wildman–Crippen LogP) is 2.39. The lowest BCUT2D eigenvalue weighted by molar-refractivity contribution is 0.141. The number of hydrogen-bond acceptors (Lipinski definition) is 3. The summed E-state index contributed by atoms with van der Waals surface area (Å²) in [7, 11) is 0. The minimum atomic E-state index is 0.269. The molecule has 16 heavy (non-hydrogen) atoms. The molecule has 0 aromatic carbocycles. The fraction of sp³-hybridized carbons (Fsp3) is 1.00. The molecule has 0 amide bonds. The van der Waals surface area contributed by atoms with Gasteiger partial charge in [0.15, 0.2) is 0 Å². The third-order valence-corrected chi connectivity index (χ3v) is 4.75. The molecular formula is C13H26N2S. The van der Waals surface area contributed by atoms with E-state index in [1.54, 1.807) is 0 Å². The maximum Gasteiger partial charge on any atom is 0.0168 e. The van der Waals surface area contributed by atoms with Gasteiger partial charge >= 0.3 is 0 Å². The van der Waals surface area contributed by atoms with Crippen LogP contribution in [-0.4, -0.2) is 34.7 Å². The van der Waals surface area contributed by atoms with Crippen LogP contribution in [-0.2, 0) is 0 Å². The van der Waals surface area contributed by atoms with Gasteiger partial charge in [-0.3, -0.25) is 0 Å². The van der Waals surface area contributed by atoms with E-state index in [0.29, 0.717) is 6.04 Å². The monoisotopic (exact) mass is 242 g/mol. The normalized spacial score (nSPS) is 34.1. The van der Waals surface area contributed by atoms with E-state index >= 15 is 0 Å². The van der Waals surface area contributed by atoms with Crippen molar-refractivity contribution in [1.82, 2.24) is 10.6 Å². The highest BCUT2D eigenvalue weighted by atomic mass is 32.2. The van der Waals surface area contributed by atoms with E-state index in [2.05, 4.69) is 50.1 Å². The van der Waals surface area contributed by atoms with Crippen LogP contribution in [0.1, 0.15) is 47.0 Å². The molecule has 94 valence electrons. The zero-order valence-corrected chi connectivity index (χ0v) is 11.9. The first kappa shape index (κ1) is 12.7. The van der Waals surface area contributed by atoms with Gasteiger partial charge in [0.25, 0.3) is 0 Å². The van der Waals surface area contributed by atoms with Crippen LogP contribution in [0.2, 0.25) is 0 Å². The van der Waals surface area contributed by atoms with Gasteiger partial charge in [-0.15, -0.1) is 0 Å². The van der Waals surface area contributed by atoms with Crippen molar-refractivity contribution < 1.29 is 0 Å². The minimum absolute atomic E-state index is 0.269. The maximum atomic E-state index is 3.87. The molecule has 2 rings (SSSR count). The summed E-state index contributed by atoms with van der Waals surface area (Å²) in [6, 6.07) is 1.45. The highest BCUT2D eigenvalue weighted by Gasteiger charge is 2.38. The number of thioether (sulfide) groups is 1. The Morgan fingerprint density at radius 1 is 1.06 bits per heavy atom. The van der Waals surface area contributed by atoms with Crippen molar-refractivity contribution in [2.45, 2.75) is 70.1 Å². The summed E-state index contributed by atoms with van der Waals surface area (Å²) >= 11 is 2.09. The molecule has 0 bridgehead atoms. The van der Waals surface area contributed by atoms with Crippen molar-refractivity contribution in [2.75, 3.05) is 11.5 Å². The van der Waals surface area contributed by atoms with Crippen LogP contribution in [0, 0.1) is 0 Å². The predicted molar refractivity (Wildman–Crippen MR) is 73.2 cm³/mol. The van der Waals surface area contributed by atoms with Gasteiger partial charge in [-0.2, -0.15) is 11.8 Å². The zero-order chi connectivity index (χ0) is 11.8. The van der Waals surface area contributed by atoms with Crippen molar-refractivity contribution >= 4 is 11.8 Å². The van der Waals surface area contributed by atoms with Crippen molar-refractivity contribution in [3.05, 3.63) is 0 Å². The third-order valence-electron chi connectivity index (χ3n) is 3.59. The Bertz CT molecular complexity index is 228. The average molecular weight is 242 g/mol. The SMILES string of the molecule is CC1(C)CC(NC2CCSC2)CC(C)(C)N1. The summed E-state index contributed by atoms with van der Waals surface area (Å²) in [5.41, 5.74) is 0.538. The average Bonchev–Trinajstić information content (AvgIpc) is 2.49. The first-order valence-electron chi connectivity index (χ1n) is 6.49. The first-order valence-corrected chi connectivity index (χ1v) is 7.65. The Morgan fingerprint density at radius 2 is 1.69 bits per heavy atom. The number of nitrogens with one attached hydrogen (secondary N) is 2. The smallest absolute Gasteiger partial charge is 0.0168 e. The standard InChI is InChI=1S/C13H26N2S/c1-12(2)7-11(8-13(3,4)15-12)14-10-5-6-16-9-10/h10-11,14-15H,5-9H2,1-4H3. The van der Waals surface area contributed by atoms with Crippen LogP contribution in [0.25, 0.3) is 0 Å². The van der Waals surface area contributed by atoms with Gasteiger partial charge in [0.2, 0.25) is 0 Å². The number of hydrogen-bond donors (Lipinski definition) is 2. The Hall–Kier alpha value is 0.270. The second kappa shape index (κ2) is 4.51. The highest BCUT2D eigenvalue weighted by Crippen LogP contribution is 2.29. The van der Waals surface area contributed by atoms with Crippen molar-refractivity contribution in [3.8, 4) is 0 Å². The fourth-order valence-corrected chi connectivity index (χ4v) is 4.60. The molecule has 2 fully saturated rings. The number of piperidine rings is 1. The van der Waals surface area contributed by atoms with Crippen LogP contribution >= 0.6 is 11.8 Å². The minimum Gasteiger partial charge on any atom is -0.310 e. The zero-order valence-electron chi connectivity index (χ0n) is 11.1. The summed E-state index contributed by atoms with van der Waals surface area (Å²) in [5.74, 6) is 2.65. The van der Waals surface area contributed by atoms with Gasteiger partial charge in [0.05, 0.1) is 0 Å². The maximum absolute atomic E-state index is 3.87. The van der Waals surface area contributed by atoms with Crippen LogP contribution in [0.3, 0.4) is 0 Å². The Morgan fingerprint density at radius 3 is 2.19 bits per heavy atom.